The lowest BCUT2D eigenvalue weighted by Crippen LogP contribution is -2.31. The third-order valence-corrected chi connectivity index (χ3v) is 5.94. The molecule has 0 spiro atoms. The minimum Gasteiger partial charge on any atom is -0.507 e. The number of ether oxygens (including phenoxy) is 3. The van der Waals surface area contributed by atoms with E-state index in [1.807, 2.05) is 44.2 Å². The molecule has 1 saturated heterocycles. The fourth-order valence-corrected chi connectivity index (χ4v) is 4.50. The van der Waals surface area contributed by atoms with E-state index in [-0.39, 0.29) is 17.4 Å². The molecule has 174 valence electrons. The highest BCUT2D eigenvalue weighted by Crippen LogP contribution is 2.41. The van der Waals surface area contributed by atoms with Crippen LogP contribution in [0.4, 0.5) is 0 Å². The Hall–Kier alpha value is -3.32. The van der Waals surface area contributed by atoms with Gasteiger partial charge in [-0.3, -0.25) is 9.59 Å². The van der Waals surface area contributed by atoms with E-state index in [1.165, 1.54) is 4.90 Å². The van der Waals surface area contributed by atoms with Crippen molar-refractivity contribution in [2.75, 3.05) is 26.9 Å². The lowest BCUT2D eigenvalue weighted by atomic mass is 9.94. The van der Waals surface area contributed by atoms with Crippen LogP contribution in [0.5, 0.6) is 11.5 Å². The summed E-state index contributed by atoms with van der Waals surface area (Å²) in [6, 6.07) is 11.9. The molecule has 7 heteroatoms. The molecule has 4 rings (SSSR count). The number of likely N-dealkylation sites (tertiary alicyclic amines) is 1. The summed E-state index contributed by atoms with van der Waals surface area (Å²) in [7, 11) is 1.59. The number of ketones is 1. The molecule has 2 heterocycles. The average molecular weight is 452 g/mol. The Balaban J connectivity index is 1.80. The first-order valence-electron chi connectivity index (χ1n) is 11.2. The van der Waals surface area contributed by atoms with E-state index in [4.69, 9.17) is 14.2 Å². The Kier molecular flexibility index (Phi) is 6.70. The second-order valence-corrected chi connectivity index (χ2v) is 8.30. The third kappa shape index (κ3) is 4.46. The molecule has 33 heavy (non-hydrogen) atoms. The van der Waals surface area contributed by atoms with Crippen molar-refractivity contribution in [3.63, 3.8) is 0 Å². The zero-order valence-electron chi connectivity index (χ0n) is 19.2. The minimum absolute atomic E-state index is 0.0602. The van der Waals surface area contributed by atoms with Crippen molar-refractivity contribution in [2.45, 2.75) is 38.8 Å². The maximum absolute atomic E-state index is 13.1. The van der Waals surface area contributed by atoms with Crippen molar-refractivity contribution >= 4 is 17.4 Å². The smallest absolute Gasteiger partial charge is 0.295 e. The van der Waals surface area contributed by atoms with Gasteiger partial charge in [0.1, 0.15) is 23.4 Å². The number of methoxy groups -OCH3 is 1. The Morgan fingerprint density at radius 1 is 1.21 bits per heavy atom. The topological polar surface area (TPSA) is 85.3 Å². The lowest BCUT2D eigenvalue weighted by Gasteiger charge is -2.25. The summed E-state index contributed by atoms with van der Waals surface area (Å²) < 4.78 is 16.5. The molecule has 2 aliphatic heterocycles. The number of fused-ring (bicyclic) bond motifs is 1. The van der Waals surface area contributed by atoms with E-state index in [0.717, 1.165) is 17.7 Å². The van der Waals surface area contributed by atoms with E-state index in [0.29, 0.717) is 43.1 Å². The molecule has 0 saturated carbocycles. The molecule has 0 unspecified atom stereocenters. The second-order valence-electron chi connectivity index (χ2n) is 8.30. The molecular weight excluding hydrogens is 422 g/mol. The highest BCUT2D eigenvalue weighted by Gasteiger charge is 2.46. The van der Waals surface area contributed by atoms with E-state index in [2.05, 4.69) is 0 Å². The van der Waals surface area contributed by atoms with Gasteiger partial charge in [-0.15, -0.1) is 0 Å². The standard InChI is InChI=1S/C26H29NO6/c1-4-32-20-8-5-7-17(15-20)23-22(25(29)26(30)27(23)11-6-12-31-3)24(28)18-9-10-21-19(14-18)13-16(2)33-21/h5,7-10,14-16,23,28H,4,6,11-13H2,1-3H3/t16-,23-/m1/s1. The number of aliphatic hydroxyl groups is 1. The van der Waals surface area contributed by atoms with E-state index >= 15 is 0 Å². The zero-order chi connectivity index (χ0) is 23.5. The monoisotopic (exact) mass is 451 g/mol. The summed E-state index contributed by atoms with van der Waals surface area (Å²) in [5.74, 6) is -0.0858. The van der Waals surface area contributed by atoms with Gasteiger partial charge in [0.05, 0.1) is 18.2 Å². The number of nitrogens with zero attached hydrogens (tertiary/aromatic N) is 1. The molecule has 1 amide bonds. The third-order valence-electron chi connectivity index (χ3n) is 5.94. The Morgan fingerprint density at radius 2 is 2.03 bits per heavy atom. The number of hydrogen-bond donors (Lipinski definition) is 1. The van der Waals surface area contributed by atoms with Crippen molar-refractivity contribution in [3.8, 4) is 11.5 Å². The fraction of sp³-hybridized carbons (Fsp3) is 0.385. The Morgan fingerprint density at radius 3 is 2.79 bits per heavy atom. The van der Waals surface area contributed by atoms with Crippen LogP contribution in [-0.4, -0.2) is 54.7 Å². The lowest BCUT2D eigenvalue weighted by molar-refractivity contribution is -0.140. The molecule has 2 aliphatic rings. The summed E-state index contributed by atoms with van der Waals surface area (Å²) in [5.41, 5.74) is 2.25. The van der Waals surface area contributed by atoms with Gasteiger partial charge < -0.3 is 24.2 Å². The highest BCUT2D eigenvalue weighted by atomic mass is 16.5. The van der Waals surface area contributed by atoms with Gasteiger partial charge in [0.2, 0.25) is 0 Å². The van der Waals surface area contributed by atoms with E-state index < -0.39 is 17.7 Å². The summed E-state index contributed by atoms with van der Waals surface area (Å²) in [6.45, 7) is 5.15. The van der Waals surface area contributed by atoms with Gasteiger partial charge in [-0.05, 0) is 61.7 Å². The molecule has 0 aromatic heterocycles. The number of benzene rings is 2. The number of Topliss-reactive ketones (excluding diaryl/α,β-unsaturated/α-hetero) is 1. The average Bonchev–Trinajstić information content (AvgIpc) is 3.30. The van der Waals surface area contributed by atoms with Gasteiger partial charge in [0.25, 0.3) is 11.7 Å². The van der Waals surface area contributed by atoms with Crippen molar-refractivity contribution in [1.29, 1.82) is 0 Å². The van der Waals surface area contributed by atoms with Crippen LogP contribution >= 0.6 is 0 Å². The van der Waals surface area contributed by atoms with Crippen molar-refractivity contribution < 1.29 is 28.9 Å². The molecule has 1 N–H and O–H groups in total. The van der Waals surface area contributed by atoms with E-state index in [9.17, 15) is 14.7 Å². The van der Waals surface area contributed by atoms with Crippen LogP contribution in [0.1, 0.15) is 43.0 Å². The molecule has 2 aromatic rings. The van der Waals surface area contributed by atoms with Crippen LogP contribution in [-0.2, 0) is 20.7 Å². The quantitative estimate of drug-likeness (QED) is 0.284. The van der Waals surface area contributed by atoms with Crippen LogP contribution in [0.2, 0.25) is 0 Å². The van der Waals surface area contributed by atoms with Gasteiger partial charge in [0, 0.05) is 32.2 Å². The van der Waals surface area contributed by atoms with Crippen molar-refractivity contribution in [3.05, 3.63) is 64.7 Å². The van der Waals surface area contributed by atoms with Gasteiger partial charge in [-0.1, -0.05) is 12.1 Å². The zero-order valence-corrected chi connectivity index (χ0v) is 19.2. The number of carbonyl (C=O) groups is 2. The van der Waals surface area contributed by atoms with Crippen molar-refractivity contribution in [1.82, 2.24) is 4.90 Å². The summed E-state index contributed by atoms with van der Waals surface area (Å²) in [4.78, 5) is 27.7. The molecule has 1 fully saturated rings. The van der Waals surface area contributed by atoms with Gasteiger partial charge in [-0.25, -0.2) is 0 Å². The van der Waals surface area contributed by atoms with Crippen LogP contribution in [0, 0.1) is 0 Å². The van der Waals surface area contributed by atoms with Gasteiger partial charge in [0.15, 0.2) is 0 Å². The molecule has 0 radical (unpaired) electrons. The number of hydrogen-bond acceptors (Lipinski definition) is 6. The summed E-state index contributed by atoms with van der Waals surface area (Å²) in [6.07, 6.45) is 1.35. The summed E-state index contributed by atoms with van der Waals surface area (Å²) >= 11 is 0. The predicted molar refractivity (Wildman–Crippen MR) is 123 cm³/mol. The van der Waals surface area contributed by atoms with Crippen LogP contribution in [0.15, 0.2) is 48.0 Å². The number of rotatable bonds is 8. The SMILES string of the molecule is CCOc1cccc([C@@H]2C(=C(O)c3ccc4c(c3)C[C@@H](C)O4)C(=O)C(=O)N2CCCOC)c1. The minimum atomic E-state index is -0.717. The van der Waals surface area contributed by atoms with Crippen LogP contribution in [0.25, 0.3) is 5.76 Å². The Bertz CT molecular complexity index is 1090. The van der Waals surface area contributed by atoms with E-state index in [1.54, 1.807) is 19.2 Å². The van der Waals surface area contributed by atoms with Gasteiger partial charge >= 0.3 is 0 Å². The van der Waals surface area contributed by atoms with Crippen LogP contribution < -0.4 is 9.47 Å². The molecule has 7 nitrogen and oxygen atoms in total. The maximum atomic E-state index is 13.1. The first-order valence-corrected chi connectivity index (χ1v) is 11.2. The maximum Gasteiger partial charge on any atom is 0.295 e. The molecule has 2 aromatic carbocycles. The fourth-order valence-electron chi connectivity index (χ4n) is 4.50. The first-order chi connectivity index (χ1) is 15.9. The predicted octanol–water partition coefficient (Wildman–Crippen LogP) is 3.87. The Labute approximate surface area is 193 Å². The highest BCUT2D eigenvalue weighted by molar-refractivity contribution is 6.46. The van der Waals surface area contributed by atoms with Gasteiger partial charge in [-0.2, -0.15) is 0 Å². The molecule has 2 atom stereocenters. The largest absolute Gasteiger partial charge is 0.507 e. The van der Waals surface area contributed by atoms with Crippen molar-refractivity contribution in [2.24, 2.45) is 0 Å². The molecule has 0 aliphatic carbocycles. The normalized spacial score (nSPS) is 21.2. The number of amides is 1. The second kappa shape index (κ2) is 9.67. The number of carbonyl (C=O) groups excluding carboxylic acids is 2. The molecule has 0 bridgehead atoms. The van der Waals surface area contributed by atoms with Crippen LogP contribution in [0.3, 0.4) is 0 Å². The first kappa shape index (κ1) is 22.9. The summed E-state index contributed by atoms with van der Waals surface area (Å²) in [5, 5.41) is 11.3. The number of aliphatic hydroxyl groups excluding tert-OH is 1. The molecular formula is C26H29NO6.